The number of hydrogen-bond donors (Lipinski definition) is 1. The molecule has 2 N–H and O–H groups in total. The molecule has 0 bridgehead atoms. The smallest absolute Gasteiger partial charge is 0.238 e. The van der Waals surface area contributed by atoms with Crippen LogP contribution in [-0.4, -0.2) is 30.4 Å². The number of likely N-dealkylation sites (N-methyl/N-ethyl adjacent to an activating group) is 1. The molecule has 0 spiro atoms. The Morgan fingerprint density at radius 2 is 2.08 bits per heavy atom. The van der Waals surface area contributed by atoms with E-state index < -0.39 is 0 Å². The second-order valence-electron chi connectivity index (χ2n) is 3.26. The van der Waals surface area contributed by atoms with E-state index in [9.17, 15) is 4.79 Å². The zero-order valence-corrected chi connectivity index (χ0v) is 8.34. The average molecular weight is 172 g/mol. The van der Waals surface area contributed by atoms with Gasteiger partial charge >= 0.3 is 0 Å². The number of hydrogen-bond acceptors (Lipinski definition) is 2. The monoisotopic (exact) mass is 172 g/mol. The van der Waals surface area contributed by atoms with Crippen molar-refractivity contribution < 1.29 is 4.79 Å². The Hall–Kier alpha value is -0.570. The number of amides is 1. The molecule has 0 heterocycles. The summed E-state index contributed by atoms with van der Waals surface area (Å²) in [6.07, 6.45) is 3.43. The van der Waals surface area contributed by atoms with Gasteiger partial charge in [0, 0.05) is 13.6 Å². The van der Waals surface area contributed by atoms with Crippen molar-refractivity contribution in [2.75, 3.05) is 13.6 Å². The minimum absolute atomic E-state index is 0.0334. The number of rotatable bonds is 5. The molecule has 3 heteroatoms. The van der Waals surface area contributed by atoms with Crippen LogP contribution in [0.3, 0.4) is 0 Å². The van der Waals surface area contributed by atoms with E-state index in [1.807, 2.05) is 0 Å². The fourth-order valence-electron chi connectivity index (χ4n) is 1.06. The van der Waals surface area contributed by atoms with Gasteiger partial charge in [-0.1, -0.05) is 19.8 Å². The van der Waals surface area contributed by atoms with E-state index in [2.05, 4.69) is 6.92 Å². The maximum absolute atomic E-state index is 11.2. The lowest BCUT2D eigenvalue weighted by Crippen LogP contribution is -2.40. The van der Waals surface area contributed by atoms with Crippen LogP contribution in [0.2, 0.25) is 0 Å². The highest BCUT2D eigenvalue weighted by molar-refractivity contribution is 5.80. The second-order valence-corrected chi connectivity index (χ2v) is 3.26. The summed E-state index contributed by atoms with van der Waals surface area (Å²) in [6, 6.07) is -0.364. The van der Waals surface area contributed by atoms with Gasteiger partial charge in [0.1, 0.15) is 0 Å². The molecule has 12 heavy (non-hydrogen) atoms. The van der Waals surface area contributed by atoms with Crippen molar-refractivity contribution in [3.8, 4) is 0 Å². The molecule has 0 aromatic heterocycles. The predicted molar refractivity (Wildman–Crippen MR) is 50.8 cm³/mol. The maximum Gasteiger partial charge on any atom is 0.238 e. The zero-order chi connectivity index (χ0) is 9.56. The number of nitrogens with zero attached hydrogens (tertiary/aromatic N) is 1. The lowest BCUT2D eigenvalue weighted by Gasteiger charge is -2.18. The van der Waals surface area contributed by atoms with Crippen LogP contribution in [0.25, 0.3) is 0 Å². The topological polar surface area (TPSA) is 46.3 Å². The Balaban J connectivity index is 3.57. The van der Waals surface area contributed by atoms with Crippen molar-refractivity contribution in [1.82, 2.24) is 4.90 Å². The average Bonchev–Trinajstić information content (AvgIpc) is 2.03. The van der Waals surface area contributed by atoms with Gasteiger partial charge in [0.15, 0.2) is 0 Å². The largest absolute Gasteiger partial charge is 0.344 e. The normalized spacial score (nSPS) is 12.7. The first-order valence-corrected chi connectivity index (χ1v) is 4.60. The highest BCUT2D eigenvalue weighted by Gasteiger charge is 2.11. The number of nitrogens with two attached hydrogens (primary N) is 1. The van der Waals surface area contributed by atoms with Crippen LogP contribution in [0.5, 0.6) is 0 Å². The van der Waals surface area contributed by atoms with Crippen molar-refractivity contribution in [2.45, 2.75) is 39.2 Å². The summed E-state index contributed by atoms with van der Waals surface area (Å²) in [5.74, 6) is 0.0334. The molecule has 0 aromatic carbocycles. The summed E-state index contributed by atoms with van der Waals surface area (Å²) in [6.45, 7) is 4.69. The number of unbranched alkanes of at least 4 members (excludes halogenated alkanes) is 2. The Kier molecular flexibility index (Phi) is 5.72. The SMILES string of the molecule is CCCCCN(C)C(=O)C(C)N. The van der Waals surface area contributed by atoms with E-state index in [0.717, 1.165) is 13.0 Å². The summed E-state index contributed by atoms with van der Waals surface area (Å²) >= 11 is 0. The van der Waals surface area contributed by atoms with E-state index in [0.29, 0.717) is 0 Å². The van der Waals surface area contributed by atoms with Crippen molar-refractivity contribution >= 4 is 5.91 Å². The van der Waals surface area contributed by atoms with Gasteiger partial charge in [-0.05, 0) is 13.3 Å². The van der Waals surface area contributed by atoms with Crippen LogP contribution in [0.1, 0.15) is 33.1 Å². The molecule has 1 atom stereocenters. The Morgan fingerprint density at radius 1 is 1.50 bits per heavy atom. The first-order valence-electron chi connectivity index (χ1n) is 4.60. The summed E-state index contributed by atoms with van der Waals surface area (Å²) in [5, 5.41) is 0. The predicted octanol–water partition coefficient (Wildman–Crippen LogP) is 0.982. The molecule has 0 aliphatic carbocycles. The van der Waals surface area contributed by atoms with Crippen molar-refractivity contribution in [2.24, 2.45) is 5.73 Å². The van der Waals surface area contributed by atoms with Gasteiger partial charge in [-0.15, -0.1) is 0 Å². The fourth-order valence-corrected chi connectivity index (χ4v) is 1.06. The molecule has 1 unspecified atom stereocenters. The molecule has 0 saturated carbocycles. The molecule has 3 nitrogen and oxygen atoms in total. The zero-order valence-electron chi connectivity index (χ0n) is 8.34. The summed E-state index contributed by atoms with van der Waals surface area (Å²) < 4.78 is 0. The van der Waals surface area contributed by atoms with Crippen LogP contribution in [0.4, 0.5) is 0 Å². The van der Waals surface area contributed by atoms with E-state index in [1.54, 1.807) is 18.9 Å². The second kappa shape index (κ2) is 6.00. The van der Waals surface area contributed by atoms with Crippen LogP contribution >= 0.6 is 0 Å². The molecule has 0 fully saturated rings. The van der Waals surface area contributed by atoms with Crippen LogP contribution in [0.15, 0.2) is 0 Å². The molecule has 0 aliphatic heterocycles. The molecule has 0 rings (SSSR count). The minimum Gasteiger partial charge on any atom is -0.344 e. The number of carbonyl (C=O) groups excluding carboxylic acids is 1. The van der Waals surface area contributed by atoms with Gasteiger partial charge in [0.25, 0.3) is 0 Å². The molecular weight excluding hydrogens is 152 g/mol. The first-order chi connectivity index (χ1) is 5.59. The van der Waals surface area contributed by atoms with E-state index in [-0.39, 0.29) is 11.9 Å². The lowest BCUT2D eigenvalue weighted by molar-refractivity contribution is -0.130. The van der Waals surface area contributed by atoms with Gasteiger partial charge < -0.3 is 10.6 Å². The minimum atomic E-state index is -0.364. The van der Waals surface area contributed by atoms with Crippen molar-refractivity contribution in [1.29, 1.82) is 0 Å². The molecular formula is C9H20N2O. The third kappa shape index (κ3) is 4.34. The van der Waals surface area contributed by atoms with E-state index >= 15 is 0 Å². The highest BCUT2D eigenvalue weighted by Crippen LogP contribution is 1.97. The molecule has 0 saturated heterocycles. The third-order valence-electron chi connectivity index (χ3n) is 1.86. The van der Waals surface area contributed by atoms with Gasteiger partial charge in [-0.25, -0.2) is 0 Å². The van der Waals surface area contributed by atoms with Crippen molar-refractivity contribution in [3.05, 3.63) is 0 Å². The Labute approximate surface area is 74.9 Å². The lowest BCUT2D eigenvalue weighted by atomic mass is 10.2. The van der Waals surface area contributed by atoms with Gasteiger partial charge in [0.2, 0.25) is 5.91 Å². The molecule has 72 valence electrons. The molecule has 0 aromatic rings. The van der Waals surface area contributed by atoms with Crippen LogP contribution < -0.4 is 5.73 Å². The molecule has 1 amide bonds. The Bertz CT molecular complexity index is 134. The molecule has 0 radical (unpaired) electrons. The Morgan fingerprint density at radius 3 is 2.50 bits per heavy atom. The van der Waals surface area contributed by atoms with Crippen LogP contribution in [0, 0.1) is 0 Å². The fraction of sp³-hybridized carbons (Fsp3) is 0.889. The van der Waals surface area contributed by atoms with Crippen molar-refractivity contribution in [3.63, 3.8) is 0 Å². The van der Waals surface area contributed by atoms with Crippen LogP contribution in [-0.2, 0) is 4.79 Å². The standard InChI is InChI=1S/C9H20N2O/c1-4-5-6-7-11(3)9(12)8(2)10/h8H,4-7,10H2,1-3H3. The van der Waals surface area contributed by atoms with Gasteiger partial charge in [0.05, 0.1) is 6.04 Å². The third-order valence-corrected chi connectivity index (χ3v) is 1.86. The van der Waals surface area contributed by atoms with E-state index in [1.165, 1.54) is 12.8 Å². The highest BCUT2D eigenvalue weighted by atomic mass is 16.2. The molecule has 0 aliphatic rings. The van der Waals surface area contributed by atoms with E-state index in [4.69, 9.17) is 5.73 Å². The first kappa shape index (κ1) is 11.4. The summed E-state index contributed by atoms with van der Waals surface area (Å²) in [5.41, 5.74) is 5.45. The summed E-state index contributed by atoms with van der Waals surface area (Å²) in [4.78, 5) is 12.9. The van der Waals surface area contributed by atoms with Gasteiger partial charge in [-0.2, -0.15) is 0 Å². The summed E-state index contributed by atoms with van der Waals surface area (Å²) in [7, 11) is 1.81. The quantitative estimate of drug-likeness (QED) is 0.628. The number of carbonyl (C=O) groups is 1. The van der Waals surface area contributed by atoms with Gasteiger partial charge in [-0.3, -0.25) is 4.79 Å². The maximum atomic E-state index is 11.2.